The van der Waals surface area contributed by atoms with Crippen molar-refractivity contribution < 1.29 is 9.90 Å². The van der Waals surface area contributed by atoms with Crippen LogP contribution in [0.15, 0.2) is 24.3 Å². The van der Waals surface area contributed by atoms with Gasteiger partial charge in [0.05, 0.1) is 18.3 Å². The highest BCUT2D eigenvalue weighted by molar-refractivity contribution is 6.04. The van der Waals surface area contributed by atoms with Crippen molar-refractivity contribution in [3.63, 3.8) is 0 Å². The maximum Gasteiger partial charge on any atom is 0.179 e. The predicted molar refractivity (Wildman–Crippen MR) is 93.0 cm³/mol. The van der Waals surface area contributed by atoms with Crippen LogP contribution in [0.5, 0.6) is 0 Å². The molecule has 2 aromatic rings. The Morgan fingerprint density at radius 1 is 1.22 bits per heavy atom. The number of fused-ring (bicyclic) bond motifs is 3. The smallest absolute Gasteiger partial charge is 0.179 e. The Morgan fingerprint density at radius 3 is 2.70 bits per heavy atom. The number of para-hydroxylation sites is 1. The number of hydrogen-bond acceptors (Lipinski definition) is 3. The van der Waals surface area contributed by atoms with Gasteiger partial charge in [0.2, 0.25) is 0 Å². The molecular weight excluding hydrogens is 288 g/mol. The van der Waals surface area contributed by atoms with E-state index in [2.05, 4.69) is 35.4 Å². The molecule has 1 heterocycles. The lowest BCUT2D eigenvalue weighted by Crippen LogP contribution is -2.35. The van der Waals surface area contributed by atoms with Gasteiger partial charge in [0.25, 0.3) is 0 Å². The molecule has 4 nitrogen and oxygen atoms in total. The minimum Gasteiger partial charge on any atom is -0.390 e. The van der Waals surface area contributed by atoms with Crippen LogP contribution in [-0.4, -0.2) is 46.1 Å². The van der Waals surface area contributed by atoms with Gasteiger partial charge >= 0.3 is 0 Å². The molecule has 1 N–H and O–H groups in total. The zero-order chi connectivity index (χ0) is 16.4. The van der Waals surface area contributed by atoms with E-state index in [1.165, 1.54) is 10.9 Å². The largest absolute Gasteiger partial charge is 0.390 e. The summed E-state index contributed by atoms with van der Waals surface area (Å²) in [5.74, 6) is 0.220. The summed E-state index contributed by atoms with van der Waals surface area (Å²) in [6.07, 6.45) is 2.04. The quantitative estimate of drug-likeness (QED) is 0.892. The number of aliphatic hydroxyl groups excluding tert-OH is 1. The second-order valence-electron chi connectivity index (χ2n) is 6.37. The maximum absolute atomic E-state index is 12.5. The minimum absolute atomic E-state index is 0.220. The first-order chi connectivity index (χ1) is 11.2. The van der Waals surface area contributed by atoms with Crippen molar-refractivity contribution in [3.05, 3.63) is 35.5 Å². The molecule has 0 saturated heterocycles. The highest BCUT2D eigenvalue weighted by Gasteiger charge is 2.26. The second-order valence-corrected chi connectivity index (χ2v) is 6.37. The Balaban J connectivity index is 1.97. The van der Waals surface area contributed by atoms with E-state index in [1.807, 2.05) is 12.1 Å². The van der Waals surface area contributed by atoms with Crippen LogP contribution in [0.1, 0.15) is 42.7 Å². The molecule has 23 heavy (non-hydrogen) atoms. The van der Waals surface area contributed by atoms with Crippen LogP contribution in [0.4, 0.5) is 0 Å². The molecule has 124 valence electrons. The lowest BCUT2D eigenvalue weighted by atomic mass is 9.94. The molecule has 1 aliphatic rings. The number of likely N-dealkylation sites (N-methyl/N-ethyl adjacent to an activating group) is 1. The van der Waals surface area contributed by atoms with Gasteiger partial charge in [0, 0.05) is 23.9 Å². The third kappa shape index (κ3) is 3.06. The molecule has 0 aliphatic heterocycles. The van der Waals surface area contributed by atoms with E-state index >= 15 is 0 Å². The Labute approximate surface area is 137 Å². The van der Waals surface area contributed by atoms with Gasteiger partial charge in [-0.05, 0) is 37.6 Å². The van der Waals surface area contributed by atoms with E-state index in [0.717, 1.165) is 37.1 Å². The summed E-state index contributed by atoms with van der Waals surface area (Å²) < 4.78 is 2.06. The van der Waals surface area contributed by atoms with Gasteiger partial charge in [-0.3, -0.25) is 4.79 Å². The summed E-state index contributed by atoms with van der Waals surface area (Å²) in [5.41, 5.74) is 3.08. The molecule has 1 aromatic carbocycles. The predicted octanol–water partition coefficient (Wildman–Crippen LogP) is 2.86. The van der Waals surface area contributed by atoms with Crippen molar-refractivity contribution in [2.45, 2.75) is 45.8 Å². The van der Waals surface area contributed by atoms with Crippen LogP contribution in [-0.2, 0) is 13.0 Å². The van der Waals surface area contributed by atoms with Crippen LogP contribution in [0.2, 0.25) is 0 Å². The van der Waals surface area contributed by atoms with Gasteiger partial charge in [0.15, 0.2) is 5.78 Å². The molecule has 0 saturated carbocycles. The number of ketones is 1. The minimum atomic E-state index is -0.468. The van der Waals surface area contributed by atoms with Crippen molar-refractivity contribution in [2.75, 3.05) is 19.6 Å². The lowest BCUT2D eigenvalue weighted by molar-refractivity contribution is 0.0930. The molecule has 0 spiro atoms. The molecule has 0 radical (unpaired) electrons. The van der Waals surface area contributed by atoms with E-state index in [4.69, 9.17) is 0 Å². The number of aromatic nitrogens is 1. The van der Waals surface area contributed by atoms with Gasteiger partial charge in [-0.1, -0.05) is 32.0 Å². The zero-order valence-electron chi connectivity index (χ0n) is 14.1. The van der Waals surface area contributed by atoms with Crippen molar-refractivity contribution in [2.24, 2.45) is 0 Å². The number of rotatable bonds is 6. The topological polar surface area (TPSA) is 45.5 Å². The standard InChI is InChI=1S/C19H26N2O2/c1-3-20(4-2)12-14(22)13-21-17-10-6-5-8-15(17)16-9-7-11-18(23)19(16)21/h5-6,8,10,14,22H,3-4,7,9,11-13H2,1-2H3. The van der Waals surface area contributed by atoms with Gasteiger partial charge in [-0.2, -0.15) is 0 Å². The molecule has 1 unspecified atom stereocenters. The van der Waals surface area contributed by atoms with E-state index in [9.17, 15) is 9.90 Å². The van der Waals surface area contributed by atoms with Crippen molar-refractivity contribution in [1.29, 1.82) is 0 Å². The molecule has 0 amide bonds. The SMILES string of the molecule is CCN(CC)CC(O)Cn1c2c(c3ccccc31)CCCC2=O. The van der Waals surface area contributed by atoms with Crippen LogP contribution in [0.3, 0.4) is 0 Å². The van der Waals surface area contributed by atoms with Crippen LogP contribution < -0.4 is 0 Å². The van der Waals surface area contributed by atoms with Crippen LogP contribution in [0, 0.1) is 0 Å². The van der Waals surface area contributed by atoms with Crippen molar-refractivity contribution >= 4 is 16.7 Å². The fraction of sp³-hybridized carbons (Fsp3) is 0.526. The second kappa shape index (κ2) is 6.85. The third-order valence-corrected chi connectivity index (χ3v) is 4.93. The molecule has 1 aromatic heterocycles. The zero-order valence-corrected chi connectivity index (χ0v) is 14.1. The first kappa shape index (κ1) is 16.2. The number of benzene rings is 1. The van der Waals surface area contributed by atoms with Gasteiger partial charge in [-0.25, -0.2) is 0 Å². The number of carbonyl (C=O) groups is 1. The number of Topliss-reactive ketones (excluding diaryl/α,β-unsaturated/α-hetero) is 1. The molecule has 4 heteroatoms. The average molecular weight is 314 g/mol. The Morgan fingerprint density at radius 2 is 1.96 bits per heavy atom. The number of aryl methyl sites for hydroxylation is 1. The Bertz CT molecular complexity index is 701. The van der Waals surface area contributed by atoms with E-state index in [1.54, 1.807) is 0 Å². The van der Waals surface area contributed by atoms with E-state index in [-0.39, 0.29) is 5.78 Å². The van der Waals surface area contributed by atoms with E-state index in [0.29, 0.717) is 19.5 Å². The van der Waals surface area contributed by atoms with Crippen molar-refractivity contribution in [1.82, 2.24) is 9.47 Å². The Kier molecular flexibility index (Phi) is 4.83. The highest BCUT2D eigenvalue weighted by atomic mass is 16.3. The van der Waals surface area contributed by atoms with Crippen molar-refractivity contribution in [3.8, 4) is 0 Å². The van der Waals surface area contributed by atoms with Crippen LogP contribution >= 0.6 is 0 Å². The number of aliphatic hydroxyl groups is 1. The fourth-order valence-corrected chi connectivity index (χ4v) is 3.73. The lowest BCUT2D eigenvalue weighted by Gasteiger charge is -2.23. The van der Waals surface area contributed by atoms with E-state index < -0.39 is 6.10 Å². The first-order valence-electron chi connectivity index (χ1n) is 8.69. The normalized spacial score (nSPS) is 16.1. The summed E-state index contributed by atoms with van der Waals surface area (Å²) in [4.78, 5) is 14.7. The monoisotopic (exact) mass is 314 g/mol. The Hall–Kier alpha value is -1.65. The molecular formula is C19H26N2O2. The van der Waals surface area contributed by atoms with Gasteiger partial charge in [0.1, 0.15) is 0 Å². The molecule has 0 fully saturated rings. The first-order valence-corrected chi connectivity index (χ1v) is 8.69. The third-order valence-electron chi connectivity index (χ3n) is 4.93. The van der Waals surface area contributed by atoms with Gasteiger partial charge < -0.3 is 14.6 Å². The van der Waals surface area contributed by atoms with Gasteiger partial charge in [-0.15, -0.1) is 0 Å². The summed E-state index contributed by atoms with van der Waals surface area (Å²) in [6, 6.07) is 8.19. The maximum atomic E-state index is 12.5. The molecule has 1 aliphatic carbocycles. The molecule has 0 bridgehead atoms. The number of nitrogens with zero attached hydrogens (tertiary/aromatic N) is 2. The summed E-state index contributed by atoms with van der Waals surface area (Å²) in [5, 5.41) is 11.7. The fourth-order valence-electron chi connectivity index (χ4n) is 3.73. The van der Waals surface area contributed by atoms with Crippen LogP contribution in [0.25, 0.3) is 10.9 Å². The number of hydrogen-bond donors (Lipinski definition) is 1. The number of carbonyl (C=O) groups excluding carboxylic acids is 1. The average Bonchev–Trinajstić information content (AvgIpc) is 2.88. The molecule has 1 atom stereocenters. The molecule has 3 rings (SSSR count). The summed E-state index contributed by atoms with van der Waals surface area (Å²) >= 11 is 0. The summed E-state index contributed by atoms with van der Waals surface area (Å²) in [6.45, 7) is 7.19. The summed E-state index contributed by atoms with van der Waals surface area (Å²) in [7, 11) is 0. The highest BCUT2D eigenvalue weighted by Crippen LogP contribution is 2.32.